The molecule has 0 saturated carbocycles. The molecule has 0 bridgehead atoms. The van der Waals surface area contributed by atoms with Crippen molar-refractivity contribution in [3.8, 4) is 0 Å². The quantitative estimate of drug-likeness (QED) is 0.0900. The van der Waals surface area contributed by atoms with E-state index >= 15 is 0 Å². The number of aryl methyl sites for hydroxylation is 2. The highest BCUT2D eigenvalue weighted by atomic mass is 31.3. The molecule has 2 fully saturated rings. The van der Waals surface area contributed by atoms with Gasteiger partial charge in [-0.25, -0.2) is 23.5 Å². The molecule has 2 aliphatic rings. The van der Waals surface area contributed by atoms with Gasteiger partial charge in [0.1, 0.15) is 36.9 Å². The first-order valence-corrected chi connectivity index (χ1v) is 25.4. The summed E-state index contributed by atoms with van der Waals surface area (Å²) >= 11 is 0. The average molecular weight is 1040 g/mol. The van der Waals surface area contributed by atoms with Crippen LogP contribution in [-0.4, -0.2) is 98.1 Å². The number of aliphatic hydroxyl groups excluding tert-OH is 2. The number of benzene rings is 4. The summed E-state index contributed by atoms with van der Waals surface area (Å²) in [6, 6.07) is 29.1. The van der Waals surface area contributed by atoms with E-state index in [4.69, 9.17) is 23.3 Å². The highest BCUT2D eigenvalue weighted by Gasteiger charge is 2.56. The number of carbonyl (C=O) groups is 4. The molecule has 0 spiro atoms. The largest absolute Gasteiger partial charge is 0.456 e. The first kappa shape index (κ1) is 52.0. The lowest BCUT2D eigenvalue weighted by molar-refractivity contribution is -0.0726. The number of hydrogen-bond donors (Lipinski definition) is 4. The van der Waals surface area contributed by atoms with E-state index in [-0.39, 0.29) is 33.4 Å². The first-order chi connectivity index (χ1) is 34.7. The van der Waals surface area contributed by atoms with Gasteiger partial charge in [0.05, 0.1) is 11.1 Å². The van der Waals surface area contributed by atoms with E-state index < -0.39 is 123 Å². The van der Waals surface area contributed by atoms with Crippen molar-refractivity contribution in [2.45, 2.75) is 75.3 Å². The molecule has 0 radical (unpaired) electrons. The zero-order valence-corrected chi connectivity index (χ0v) is 40.1. The Kier molecular flexibility index (Phi) is 15.0. The summed E-state index contributed by atoms with van der Waals surface area (Å²) in [5.41, 5.74) is -5.03. The van der Waals surface area contributed by atoms with Crippen molar-refractivity contribution in [1.82, 2.24) is 18.3 Å². The van der Waals surface area contributed by atoms with Crippen LogP contribution >= 0.6 is 15.2 Å². The van der Waals surface area contributed by atoms with E-state index in [1.54, 1.807) is 24.3 Å². The summed E-state index contributed by atoms with van der Waals surface area (Å²) in [7, 11) is -12.1. The minimum atomic E-state index is -6.07. The molecule has 23 nitrogen and oxygen atoms in total. The number of hydrogen-bond acceptors (Lipinski definition) is 17. The van der Waals surface area contributed by atoms with Gasteiger partial charge in [0.2, 0.25) is 0 Å². The number of ether oxygens (including phenoxy) is 4. The maximum atomic E-state index is 14.1. The monoisotopic (exact) mass is 1040 g/mol. The Hall–Kier alpha value is -7.30. The Morgan fingerprint density at radius 3 is 1.15 bits per heavy atom. The Balaban J connectivity index is 1.10. The Bertz CT molecular complexity index is 3210. The molecule has 2 saturated heterocycles. The van der Waals surface area contributed by atoms with Crippen LogP contribution in [-0.2, 0) is 32.4 Å². The molecule has 2 aliphatic heterocycles. The summed E-state index contributed by atoms with van der Waals surface area (Å²) in [6.45, 7) is 2.55. The van der Waals surface area contributed by atoms with Crippen LogP contribution in [0.4, 0.5) is 0 Å². The molecule has 0 aliphatic carbocycles. The molecule has 4 unspecified atom stereocenters. The number of rotatable bonds is 14. The standard InChI is InChI=1S/C48H44N4O19P2/c1-27-25-49(47(61)51(39(27)53)41(55)29-15-7-3-8-16-29)35-23-33(67-43(57)31-19-11-5-12-20-31)37(69-35)45(59)72(63,64)71-73(65,66)46(60)38-34(68-44(58)32-21-13-6-14-22-32)24-36(70-38)50-26-28(2)40(54)52(48(50)62)42(56)30-17-9-4-10-18-30/h3-22,25-26,33-38,45-46,59-60H,23-24H2,1-2H3,(H,63,64)(H,65,66)/t33-,34-,35+,36+,37-,38-,45?,46?/m0/s1. The summed E-state index contributed by atoms with van der Waals surface area (Å²) in [6.07, 6.45) is -10.5. The van der Waals surface area contributed by atoms with Crippen molar-refractivity contribution in [2.75, 3.05) is 0 Å². The number of esters is 2. The maximum Gasteiger partial charge on any atom is 0.366 e. The van der Waals surface area contributed by atoms with Crippen molar-refractivity contribution in [3.63, 3.8) is 0 Å². The fourth-order valence-corrected chi connectivity index (χ4v) is 11.6. The van der Waals surface area contributed by atoms with E-state index in [2.05, 4.69) is 0 Å². The van der Waals surface area contributed by atoms with Crippen molar-refractivity contribution in [2.24, 2.45) is 0 Å². The molecule has 10 atom stereocenters. The van der Waals surface area contributed by atoms with E-state index in [1.165, 1.54) is 111 Å². The first-order valence-electron chi connectivity index (χ1n) is 22.1. The van der Waals surface area contributed by atoms with Gasteiger partial charge in [-0.05, 0) is 62.4 Å². The van der Waals surface area contributed by atoms with Crippen LogP contribution < -0.4 is 22.5 Å². The van der Waals surface area contributed by atoms with Crippen molar-refractivity contribution < 1.29 is 71.6 Å². The van der Waals surface area contributed by atoms with Gasteiger partial charge >= 0.3 is 38.5 Å². The Labute approximate surface area is 411 Å². The van der Waals surface area contributed by atoms with Crippen molar-refractivity contribution in [1.29, 1.82) is 0 Å². The lowest BCUT2D eigenvalue weighted by atomic mass is 10.1. The fraction of sp³-hybridized carbons (Fsp3) is 0.250. The fourth-order valence-electron chi connectivity index (χ4n) is 8.21. The third-order valence-electron chi connectivity index (χ3n) is 11.9. The van der Waals surface area contributed by atoms with Gasteiger partial charge in [0.15, 0.2) is 11.7 Å². The van der Waals surface area contributed by atoms with Crippen molar-refractivity contribution in [3.05, 3.63) is 209 Å². The third-order valence-corrected chi connectivity index (χ3v) is 15.7. The smallest absolute Gasteiger partial charge is 0.366 e. The number of carbonyl (C=O) groups excluding carboxylic acids is 4. The number of aliphatic hydroxyl groups is 2. The summed E-state index contributed by atoms with van der Waals surface area (Å²) in [5.74, 6) is -10.1. The molecule has 6 aromatic rings. The molecule has 25 heteroatoms. The van der Waals surface area contributed by atoms with Gasteiger partial charge < -0.3 is 38.9 Å². The minimum Gasteiger partial charge on any atom is -0.456 e. The molecule has 4 N–H and O–H groups in total. The van der Waals surface area contributed by atoms with E-state index in [1.807, 2.05) is 0 Å². The molecule has 73 heavy (non-hydrogen) atoms. The van der Waals surface area contributed by atoms with Crippen LogP contribution in [0.3, 0.4) is 0 Å². The van der Waals surface area contributed by atoms with Gasteiger partial charge in [0.25, 0.3) is 22.9 Å². The van der Waals surface area contributed by atoms with Gasteiger partial charge in [-0.15, -0.1) is 0 Å². The van der Waals surface area contributed by atoms with Crippen LogP contribution in [0.1, 0.15) is 77.9 Å². The molecule has 2 aromatic heterocycles. The second-order valence-electron chi connectivity index (χ2n) is 16.9. The van der Waals surface area contributed by atoms with Crippen molar-refractivity contribution >= 4 is 38.9 Å². The Morgan fingerprint density at radius 2 is 0.836 bits per heavy atom. The molecule has 4 aromatic carbocycles. The van der Waals surface area contributed by atoms with Crippen LogP contribution in [0, 0.1) is 13.8 Å². The van der Waals surface area contributed by atoms with Crippen LogP contribution in [0.5, 0.6) is 0 Å². The maximum absolute atomic E-state index is 14.1. The molecule has 4 heterocycles. The van der Waals surface area contributed by atoms with Gasteiger partial charge in [-0.3, -0.25) is 37.4 Å². The zero-order valence-electron chi connectivity index (χ0n) is 38.3. The SMILES string of the molecule is Cc1cn([C@H]2C[C@H](OC(=O)c3ccccc3)[C@@H](C(O)P(=O)(O)OP(=O)(O)C(O)[C@H]3O[C@@H](n4cc(C)c(=O)n(C(=O)c5ccccc5)c4=O)C[C@@H]3OC(=O)c3ccccc3)O2)c(=O)n(C(=O)c2ccccc2)c1=O. The molecular weight excluding hydrogens is 998 g/mol. The summed E-state index contributed by atoms with van der Waals surface area (Å²) in [4.78, 5) is 131. The van der Waals surface area contributed by atoms with Crippen LogP contribution in [0.2, 0.25) is 0 Å². The zero-order chi connectivity index (χ0) is 52.5. The average Bonchev–Trinajstić information content (AvgIpc) is 4.00. The predicted molar refractivity (Wildman–Crippen MR) is 253 cm³/mol. The third kappa shape index (κ3) is 10.6. The highest BCUT2D eigenvalue weighted by molar-refractivity contribution is 7.66. The lowest BCUT2D eigenvalue weighted by Crippen LogP contribution is -2.45. The molecule has 380 valence electrons. The Morgan fingerprint density at radius 1 is 0.534 bits per heavy atom. The predicted octanol–water partition coefficient (Wildman–Crippen LogP) is 3.08. The summed E-state index contributed by atoms with van der Waals surface area (Å²) in [5, 5.41) is 23.3. The van der Waals surface area contributed by atoms with Gasteiger partial charge in [-0.1, -0.05) is 72.8 Å². The molecular formula is C48H44N4O19P2. The molecule has 0 amide bonds. The number of nitrogens with zero attached hydrogens (tertiary/aromatic N) is 4. The second-order valence-corrected chi connectivity index (χ2v) is 20.8. The van der Waals surface area contributed by atoms with Gasteiger partial charge in [0, 0.05) is 47.5 Å². The topological polar surface area (TPSA) is 317 Å². The number of aromatic nitrogens is 4. The lowest BCUT2D eigenvalue weighted by Gasteiger charge is -2.30. The summed E-state index contributed by atoms with van der Waals surface area (Å²) < 4.78 is 58.2. The highest BCUT2D eigenvalue weighted by Crippen LogP contribution is 2.65. The minimum absolute atomic E-state index is 0.0444. The van der Waals surface area contributed by atoms with E-state index in [9.17, 15) is 67.5 Å². The second kappa shape index (κ2) is 21.0. The van der Waals surface area contributed by atoms with Crippen LogP contribution in [0.15, 0.2) is 153 Å². The van der Waals surface area contributed by atoms with Crippen LogP contribution in [0.25, 0.3) is 0 Å². The van der Waals surface area contributed by atoms with E-state index in [0.717, 1.165) is 21.5 Å². The molecule has 8 rings (SSSR count). The normalized spacial score (nSPS) is 22.1. The van der Waals surface area contributed by atoms with Gasteiger partial charge in [-0.2, -0.15) is 9.13 Å². The van der Waals surface area contributed by atoms with E-state index in [0.29, 0.717) is 9.13 Å².